The lowest BCUT2D eigenvalue weighted by Crippen LogP contribution is -1.94. The van der Waals surface area contributed by atoms with E-state index in [9.17, 15) is 8.42 Å². The van der Waals surface area contributed by atoms with E-state index in [0.717, 1.165) is 5.41 Å². The highest BCUT2D eigenvalue weighted by atomic mass is 35.5. The van der Waals surface area contributed by atoms with Crippen molar-refractivity contribution < 1.29 is 8.42 Å². The lowest BCUT2D eigenvalue weighted by Gasteiger charge is -1.97. The number of rotatable bonds is 3. The van der Waals surface area contributed by atoms with E-state index in [1.54, 1.807) is 0 Å². The summed E-state index contributed by atoms with van der Waals surface area (Å²) in [5.41, 5.74) is 0. The summed E-state index contributed by atoms with van der Waals surface area (Å²) in [4.78, 5) is 0.222. The predicted molar refractivity (Wildman–Crippen MR) is 58.0 cm³/mol. The van der Waals surface area contributed by atoms with Crippen LogP contribution in [0.25, 0.3) is 0 Å². The Bertz CT molecular complexity index is 444. The van der Waals surface area contributed by atoms with Gasteiger partial charge in [-0.3, -0.25) is 0 Å². The normalized spacial score (nSPS) is 11.8. The molecule has 0 bridgehead atoms. The highest BCUT2D eigenvalue weighted by molar-refractivity contribution is 7.94. The summed E-state index contributed by atoms with van der Waals surface area (Å²) in [6, 6.07) is 6.00. The Labute approximate surface area is 88.4 Å². The maximum Gasteiger partial charge on any atom is 0.199 e. The summed E-state index contributed by atoms with van der Waals surface area (Å²) >= 11 is 5.64. The third-order valence-electron chi connectivity index (χ3n) is 1.54. The fourth-order valence-electron chi connectivity index (χ4n) is 0.862. The van der Waals surface area contributed by atoms with Gasteiger partial charge in [-0.05, 0) is 24.3 Å². The van der Waals surface area contributed by atoms with Gasteiger partial charge in [-0.2, -0.15) is 0 Å². The highest BCUT2D eigenvalue weighted by Crippen LogP contribution is 2.15. The van der Waals surface area contributed by atoms with E-state index in [-0.39, 0.29) is 4.90 Å². The molecule has 1 aromatic rings. The van der Waals surface area contributed by atoms with E-state index in [1.165, 1.54) is 36.4 Å². The summed E-state index contributed by atoms with van der Waals surface area (Å²) in [6.07, 6.45) is 2.79. The minimum atomic E-state index is -3.35. The first-order chi connectivity index (χ1) is 6.56. The molecule has 0 atom stereocenters. The standard InChI is InChI=1S/C10H9ClO2S/c1-2-3-8-14(12,13)10-6-4-9(11)5-7-10/h2-8H,1H2/b8-3+. The first-order valence-electron chi connectivity index (χ1n) is 3.86. The van der Waals surface area contributed by atoms with Crippen molar-refractivity contribution >= 4 is 21.4 Å². The molecule has 1 aromatic carbocycles. The lowest BCUT2D eigenvalue weighted by molar-refractivity contribution is 0.604. The predicted octanol–water partition coefficient (Wildman–Crippen LogP) is 2.81. The van der Waals surface area contributed by atoms with Crippen LogP contribution in [0.4, 0.5) is 0 Å². The molecule has 0 N–H and O–H groups in total. The van der Waals surface area contributed by atoms with Gasteiger partial charge in [-0.25, -0.2) is 8.42 Å². The number of sulfone groups is 1. The molecule has 1 rings (SSSR count). The molecule has 74 valence electrons. The minimum Gasteiger partial charge on any atom is -0.219 e. The first-order valence-corrected chi connectivity index (χ1v) is 5.78. The Balaban J connectivity index is 3.11. The Kier molecular flexibility index (Phi) is 3.49. The smallest absolute Gasteiger partial charge is 0.199 e. The highest BCUT2D eigenvalue weighted by Gasteiger charge is 2.08. The molecule has 4 heteroatoms. The van der Waals surface area contributed by atoms with Gasteiger partial charge in [0.15, 0.2) is 9.84 Å². The zero-order valence-corrected chi connectivity index (χ0v) is 8.92. The zero-order valence-electron chi connectivity index (χ0n) is 7.35. The molecule has 0 spiro atoms. The van der Waals surface area contributed by atoms with Crippen LogP contribution in [-0.2, 0) is 9.84 Å². The second-order valence-electron chi connectivity index (χ2n) is 2.56. The summed E-state index contributed by atoms with van der Waals surface area (Å²) in [5.74, 6) is 0. The fraction of sp³-hybridized carbons (Fsp3) is 0. The van der Waals surface area contributed by atoms with Crippen LogP contribution >= 0.6 is 11.6 Å². The van der Waals surface area contributed by atoms with Gasteiger partial charge < -0.3 is 0 Å². The minimum absolute atomic E-state index is 0.222. The second-order valence-corrected chi connectivity index (χ2v) is 4.83. The van der Waals surface area contributed by atoms with Gasteiger partial charge in [-0.1, -0.05) is 30.3 Å². The van der Waals surface area contributed by atoms with Crippen molar-refractivity contribution in [2.24, 2.45) is 0 Å². The number of halogens is 1. The summed E-state index contributed by atoms with van der Waals surface area (Å²) in [5, 5.41) is 1.61. The Hall–Kier alpha value is -1.06. The lowest BCUT2D eigenvalue weighted by atomic mass is 10.4. The van der Waals surface area contributed by atoms with Crippen LogP contribution in [-0.4, -0.2) is 8.42 Å². The van der Waals surface area contributed by atoms with E-state index in [1.807, 2.05) is 0 Å². The average Bonchev–Trinajstić information content (AvgIpc) is 2.16. The van der Waals surface area contributed by atoms with Crippen molar-refractivity contribution in [3.8, 4) is 0 Å². The van der Waals surface area contributed by atoms with Crippen molar-refractivity contribution in [3.05, 3.63) is 53.4 Å². The molecule has 0 amide bonds. The van der Waals surface area contributed by atoms with Crippen LogP contribution in [0, 0.1) is 0 Å². The third kappa shape index (κ3) is 2.72. The number of hydrogen-bond donors (Lipinski definition) is 0. The monoisotopic (exact) mass is 228 g/mol. The quantitative estimate of drug-likeness (QED) is 0.746. The maximum atomic E-state index is 11.5. The van der Waals surface area contributed by atoms with Gasteiger partial charge in [0, 0.05) is 10.4 Å². The fourth-order valence-corrected chi connectivity index (χ4v) is 1.98. The van der Waals surface area contributed by atoms with Crippen molar-refractivity contribution in [1.29, 1.82) is 0 Å². The topological polar surface area (TPSA) is 34.1 Å². The number of allylic oxidation sites excluding steroid dienone is 2. The molecule has 14 heavy (non-hydrogen) atoms. The molecule has 0 aromatic heterocycles. The maximum absolute atomic E-state index is 11.5. The molecular formula is C10H9ClO2S. The molecule has 2 nitrogen and oxygen atoms in total. The summed E-state index contributed by atoms with van der Waals surface area (Å²) in [7, 11) is -3.35. The largest absolute Gasteiger partial charge is 0.219 e. The van der Waals surface area contributed by atoms with Gasteiger partial charge >= 0.3 is 0 Å². The Morgan fingerprint density at radius 1 is 1.21 bits per heavy atom. The van der Waals surface area contributed by atoms with Crippen LogP contribution < -0.4 is 0 Å². The van der Waals surface area contributed by atoms with E-state index in [2.05, 4.69) is 6.58 Å². The molecule has 0 fully saturated rings. The number of benzene rings is 1. The van der Waals surface area contributed by atoms with Gasteiger partial charge in [0.1, 0.15) is 0 Å². The van der Waals surface area contributed by atoms with E-state index in [4.69, 9.17) is 11.6 Å². The molecule has 0 unspecified atom stereocenters. The molecule has 0 aliphatic heterocycles. The van der Waals surface area contributed by atoms with Crippen molar-refractivity contribution in [2.75, 3.05) is 0 Å². The summed E-state index contributed by atoms with van der Waals surface area (Å²) < 4.78 is 23.0. The van der Waals surface area contributed by atoms with E-state index >= 15 is 0 Å². The van der Waals surface area contributed by atoms with Crippen molar-refractivity contribution in [2.45, 2.75) is 4.90 Å². The van der Waals surface area contributed by atoms with Gasteiger partial charge in [0.2, 0.25) is 0 Å². The van der Waals surface area contributed by atoms with Crippen LogP contribution in [0.5, 0.6) is 0 Å². The zero-order chi connectivity index (χ0) is 10.6. The average molecular weight is 229 g/mol. The Morgan fingerprint density at radius 3 is 2.29 bits per heavy atom. The SMILES string of the molecule is C=C/C=C/S(=O)(=O)c1ccc(Cl)cc1. The second kappa shape index (κ2) is 4.44. The third-order valence-corrected chi connectivity index (χ3v) is 3.23. The molecular weight excluding hydrogens is 220 g/mol. The summed E-state index contributed by atoms with van der Waals surface area (Å²) in [6.45, 7) is 3.40. The Morgan fingerprint density at radius 2 is 1.79 bits per heavy atom. The molecule has 0 aliphatic rings. The van der Waals surface area contributed by atoms with Crippen LogP contribution in [0.2, 0.25) is 5.02 Å². The molecule has 0 aliphatic carbocycles. The van der Waals surface area contributed by atoms with Gasteiger partial charge in [0.05, 0.1) is 4.90 Å². The van der Waals surface area contributed by atoms with Crippen LogP contribution in [0.1, 0.15) is 0 Å². The molecule has 0 saturated heterocycles. The van der Waals surface area contributed by atoms with Crippen molar-refractivity contribution in [3.63, 3.8) is 0 Å². The number of hydrogen-bond acceptors (Lipinski definition) is 2. The van der Waals surface area contributed by atoms with Crippen LogP contribution in [0.15, 0.2) is 53.3 Å². The van der Waals surface area contributed by atoms with E-state index < -0.39 is 9.84 Å². The molecule has 0 heterocycles. The van der Waals surface area contributed by atoms with Crippen molar-refractivity contribution in [1.82, 2.24) is 0 Å². The van der Waals surface area contributed by atoms with E-state index in [0.29, 0.717) is 5.02 Å². The molecule has 0 saturated carbocycles. The van der Waals surface area contributed by atoms with Gasteiger partial charge in [0.25, 0.3) is 0 Å². The molecule has 0 radical (unpaired) electrons. The van der Waals surface area contributed by atoms with Gasteiger partial charge in [-0.15, -0.1) is 0 Å². The first kappa shape index (κ1) is 11.0. The van der Waals surface area contributed by atoms with Crippen LogP contribution in [0.3, 0.4) is 0 Å².